The van der Waals surface area contributed by atoms with Crippen molar-refractivity contribution < 1.29 is 18.9 Å². The van der Waals surface area contributed by atoms with Gasteiger partial charge in [-0.3, -0.25) is 4.74 Å². The van der Waals surface area contributed by atoms with E-state index >= 15 is 0 Å². The van der Waals surface area contributed by atoms with Crippen LogP contribution in [0, 0.1) is 0 Å². The second-order valence-electron chi connectivity index (χ2n) is 5.46. The molecule has 0 saturated heterocycles. The van der Waals surface area contributed by atoms with Crippen LogP contribution in [0.3, 0.4) is 0 Å². The zero-order valence-electron chi connectivity index (χ0n) is 13.0. The van der Waals surface area contributed by atoms with Crippen molar-refractivity contribution in [3.8, 4) is 0 Å². The van der Waals surface area contributed by atoms with E-state index in [0.717, 1.165) is 19.3 Å². The fraction of sp³-hybridized carbons (Fsp3) is 1.00. The van der Waals surface area contributed by atoms with Crippen LogP contribution in [-0.4, -0.2) is 31.6 Å². The SMILES string of the molecule is CCCCOC(OC)(OC(C)CC)OC(C)(C)C. The summed E-state index contributed by atoms with van der Waals surface area (Å²) >= 11 is 0. The first-order chi connectivity index (χ1) is 8.28. The minimum atomic E-state index is -1.40. The van der Waals surface area contributed by atoms with Gasteiger partial charge in [-0.2, -0.15) is 0 Å². The fourth-order valence-corrected chi connectivity index (χ4v) is 1.28. The van der Waals surface area contributed by atoms with Gasteiger partial charge in [-0.05, 0) is 40.5 Å². The summed E-state index contributed by atoms with van der Waals surface area (Å²) in [6.07, 6.45) is 1.48. The summed E-state index contributed by atoms with van der Waals surface area (Å²) in [4.78, 5) is 0. The van der Waals surface area contributed by atoms with E-state index in [-0.39, 0.29) is 6.10 Å². The largest absolute Gasteiger partial charge is 0.413 e. The Bertz CT molecular complexity index is 212. The minimum absolute atomic E-state index is 0.00827. The van der Waals surface area contributed by atoms with Gasteiger partial charge in [0.25, 0.3) is 0 Å². The van der Waals surface area contributed by atoms with Crippen molar-refractivity contribution in [3.05, 3.63) is 0 Å². The van der Waals surface area contributed by atoms with Crippen LogP contribution in [0.1, 0.15) is 60.8 Å². The maximum atomic E-state index is 5.83. The highest BCUT2D eigenvalue weighted by Crippen LogP contribution is 2.26. The summed E-state index contributed by atoms with van der Waals surface area (Å²) in [6, 6.07) is 0. The maximum Gasteiger partial charge on any atom is 0.413 e. The van der Waals surface area contributed by atoms with Crippen molar-refractivity contribution in [3.63, 3.8) is 0 Å². The van der Waals surface area contributed by atoms with Gasteiger partial charge >= 0.3 is 6.16 Å². The smallest absolute Gasteiger partial charge is 0.307 e. The van der Waals surface area contributed by atoms with Crippen molar-refractivity contribution in [2.45, 2.75) is 78.7 Å². The van der Waals surface area contributed by atoms with E-state index in [0.29, 0.717) is 6.61 Å². The predicted octanol–water partition coefficient (Wildman–Crippen LogP) is 3.69. The Morgan fingerprint density at radius 3 is 2.11 bits per heavy atom. The summed E-state index contributed by atoms with van der Waals surface area (Å²) in [6.45, 7) is 12.5. The van der Waals surface area contributed by atoms with Crippen LogP contribution >= 0.6 is 0 Å². The molecule has 0 fully saturated rings. The Kier molecular flexibility index (Phi) is 8.03. The number of unbranched alkanes of at least 4 members (excludes halogenated alkanes) is 1. The lowest BCUT2D eigenvalue weighted by molar-refractivity contribution is -0.518. The van der Waals surface area contributed by atoms with E-state index in [1.54, 1.807) is 7.11 Å². The zero-order valence-corrected chi connectivity index (χ0v) is 13.0. The number of rotatable bonds is 9. The molecule has 0 aliphatic rings. The highest BCUT2D eigenvalue weighted by atomic mass is 17.0. The van der Waals surface area contributed by atoms with Crippen LogP contribution in [0.15, 0.2) is 0 Å². The molecule has 0 aliphatic carbocycles. The summed E-state index contributed by atoms with van der Waals surface area (Å²) in [5, 5.41) is 0. The number of hydrogen-bond acceptors (Lipinski definition) is 4. The maximum absolute atomic E-state index is 5.83. The second-order valence-corrected chi connectivity index (χ2v) is 5.46. The third-order valence-electron chi connectivity index (χ3n) is 2.38. The second kappa shape index (κ2) is 8.10. The van der Waals surface area contributed by atoms with E-state index in [1.807, 2.05) is 34.6 Å². The molecule has 0 rings (SSSR count). The van der Waals surface area contributed by atoms with Crippen molar-refractivity contribution in [1.82, 2.24) is 0 Å². The minimum Gasteiger partial charge on any atom is -0.307 e. The molecule has 0 N–H and O–H groups in total. The Labute approximate surface area is 112 Å². The van der Waals surface area contributed by atoms with Gasteiger partial charge in [0.2, 0.25) is 0 Å². The summed E-state index contributed by atoms with van der Waals surface area (Å²) in [7, 11) is 1.54. The standard InChI is InChI=1S/C14H30O4/c1-8-10-11-16-14(15-7,17-12(3)9-2)18-13(4,5)6/h12H,8-11H2,1-7H3. The van der Waals surface area contributed by atoms with Crippen molar-refractivity contribution in [1.29, 1.82) is 0 Å². The zero-order chi connectivity index (χ0) is 14.2. The molecule has 0 aliphatic heterocycles. The van der Waals surface area contributed by atoms with Gasteiger partial charge in [0.15, 0.2) is 0 Å². The van der Waals surface area contributed by atoms with Crippen LogP contribution in [0.2, 0.25) is 0 Å². The molecule has 0 amide bonds. The number of hydrogen-bond donors (Lipinski definition) is 0. The molecule has 4 heteroatoms. The quantitative estimate of drug-likeness (QED) is 0.469. The molecule has 0 radical (unpaired) electrons. The first-order valence-electron chi connectivity index (χ1n) is 6.85. The lowest BCUT2D eigenvalue weighted by Gasteiger charge is -2.37. The van der Waals surface area contributed by atoms with E-state index in [4.69, 9.17) is 18.9 Å². The van der Waals surface area contributed by atoms with E-state index in [2.05, 4.69) is 6.92 Å². The Morgan fingerprint density at radius 2 is 1.72 bits per heavy atom. The van der Waals surface area contributed by atoms with Gasteiger partial charge in [0.05, 0.1) is 18.3 Å². The van der Waals surface area contributed by atoms with Gasteiger partial charge in [-0.1, -0.05) is 20.3 Å². The van der Waals surface area contributed by atoms with E-state index in [9.17, 15) is 0 Å². The van der Waals surface area contributed by atoms with Crippen LogP contribution < -0.4 is 0 Å². The highest BCUT2D eigenvalue weighted by molar-refractivity contribution is 4.62. The lowest BCUT2D eigenvalue weighted by atomic mass is 10.2. The van der Waals surface area contributed by atoms with Gasteiger partial charge in [0, 0.05) is 7.11 Å². The Balaban J connectivity index is 4.71. The molecule has 0 saturated carbocycles. The van der Waals surface area contributed by atoms with Gasteiger partial charge in [0.1, 0.15) is 0 Å². The molecule has 0 spiro atoms. The molecule has 2 atom stereocenters. The molecule has 4 nitrogen and oxygen atoms in total. The van der Waals surface area contributed by atoms with Crippen LogP contribution in [-0.2, 0) is 18.9 Å². The molecule has 2 unspecified atom stereocenters. The third kappa shape index (κ3) is 7.31. The lowest BCUT2D eigenvalue weighted by Crippen LogP contribution is -2.48. The van der Waals surface area contributed by atoms with Crippen molar-refractivity contribution in [2.75, 3.05) is 13.7 Å². The molecule has 18 heavy (non-hydrogen) atoms. The van der Waals surface area contributed by atoms with Crippen LogP contribution in [0.4, 0.5) is 0 Å². The first-order valence-corrected chi connectivity index (χ1v) is 6.85. The predicted molar refractivity (Wildman–Crippen MR) is 72.3 cm³/mol. The summed E-state index contributed by atoms with van der Waals surface area (Å²) in [5.41, 5.74) is -0.407. The van der Waals surface area contributed by atoms with Gasteiger partial charge in [-0.15, -0.1) is 0 Å². The number of methoxy groups -OCH3 is 1. The van der Waals surface area contributed by atoms with Crippen LogP contribution in [0.25, 0.3) is 0 Å². The molecular weight excluding hydrogens is 232 g/mol. The van der Waals surface area contributed by atoms with Gasteiger partial charge in [-0.25, -0.2) is 0 Å². The van der Waals surface area contributed by atoms with E-state index in [1.165, 1.54) is 0 Å². The highest BCUT2D eigenvalue weighted by Gasteiger charge is 2.40. The average molecular weight is 262 g/mol. The normalized spacial score (nSPS) is 17.5. The van der Waals surface area contributed by atoms with E-state index < -0.39 is 11.8 Å². The number of ether oxygens (including phenoxy) is 4. The Hall–Kier alpha value is -0.160. The molecular formula is C14H30O4. The van der Waals surface area contributed by atoms with Crippen molar-refractivity contribution in [2.24, 2.45) is 0 Å². The summed E-state index contributed by atoms with van der Waals surface area (Å²) in [5.74, 6) is 0. The molecule has 0 bridgehead atoms. The average Bonchev–Trinajstić information content (AvgIpc) is 2.27. The summed E-state index contributed by atoms with van der Waals surface area (Å²) < 4.78 is 22.7. The molecule has 0 aromatic carbocycles. The third-order valence-corrected chi connectivity index (χ3v) is 2.38. The van der Waals surface area contributed by atoms with Gasteiger partial charge < -0.3 is 14.2 Å². The van der Waals surface area contributed by atoms with Crippen molar-refractivity contribution >= 4 is 0 Å². The Morgan fingerprint density at radius 1 is 1.11 bits per heavy atom. The monoisotopic (exact) mass is 262 g/mol. The molecule has 0 aromatic heterocycles. The molecule has 110 valence electrons. The fourth-order valence-electron chi connectivity index (χ4n) is 1.28. The molecule has 0 aromatic rings. The molecule has 0 heterocycles. The van der Waals surface area contributed by atoms with Crippen LogP contribution in [0.5, 0.6) is 0 Å². The first kappa shape index (κ1) is 17.8. The topological polar surface area (TPSA) is 36.9 Å².